The summed E-state index contributed by atoms with van der Waals surface area (Å²) in [4.78, 5) is 15.8. The Morgan fingerprint density at radius 2 is 1.83 bits per heavy atom. The Hall–Kier alpha value is -2.18. The van der Waals surface area contributed by atoms with Crippen LogP contribution in [0.3, 0.4) is 0 Å². The first-order valence-electron chi connectivity index (χ1n) is 8.36. The molecule has 0 spiro atoms. The molecule has 2 heterocycles. The minimum Gasteiger partial charge on any atom is -0.384 e. The first-order valence-corrected chi connectivity index (χ1v) is 8.36. The Morgan fingerprint density at radius 3 is 2.50 bits per heavy atom. The van der Waals surface area contributed by atoms with E-state index >= 15 is 0 Å². The van der Waals surface area contributed by atoms with Crippen LogP contribution in [0.15, 0.2) is 42.7 Å². The fourth-order valence-electron chi connectivity index (χ4n) is 2.99. The summed E-state index contributed by atoms with van der Waals surface area (Å²) in [6.45, 7) is 6.12. The summed E-state index contributed by atoms with van der Waals surface area (Å²) >= 11 is 0. The number of aromatic nitrogens is 2. The first kappa shape index (κ1) is 16.7. The van der Waals surface area contributed by atoms with Gasteiger partial charge in [-0.1, -0.05) is 30.3 Å². The molecule has 1 N–H and O–H groups in total. The van der Waals surface area contributed by atoms with E-state index in [1.807, 2.05) is 29.1 Å². The molecule has 24 heavy (non-hydrogen) atoms. The van der Waals surface area contributed by atoms with E-state index < -0.39 is 6.10 Å². The predicted octanol–water partition coefficient (Wildman–Crippen LogP) is 0.956. The van der Waals surface area contributed by atoms with Crippen LogP contribution in [0.2, 0.25) is 0 Å². The fourth-order valence-corrected chi connectivity index (χ4v) is 2.99. The Kier molecular flexibility index (Phi) is 5.27. The van der Waals surface area contributed by atoms with E-state index in [9.17, 15) is 9.90 Å². The van der Waals surface area contributed by atoms with E-state index in [-0.39, 0.29) is 5.91 Å². The van der Waals surface area contributed by atoms with Gasteiger partial charge in [-0.2, -0.15) is 5.10 Å². The van der Waals surface area contributed by atoms with Crippen LogP contribution >= 0.6 is 0 Å². The van der Waals surface area contributed by atoms with Crippen molar-refractivity contribution in [2.75, 3.05) is 26.2 Å². The van der Waals surface area contributed by atoms with Crippen LogP contribution in [0.5, 0.6) is 0 Å². The van der Waals surface area contributed by atoms with Crippen molar-refractivity contribution in [2.24, 2.45) is 0 Å². The quantitative estimate of drug-likeness (QED) is 0.888. The lowest BCUT2D eigenvalue weighted by atomic mass is 10.2. The van der Waals surface area contributed by atoms with Crippen molar-refractivity contribution in [3.05, 3.63) is 53.9 Å². The van der Waals surface area contributed by atoms with Gasteiger partial charge in [-0.15, -0.1) is 0 Å². The third kappa shape index (κ3) is 4.21. The van der Waals surface area contributed by atoms with Crippen molar-refractivity contribution in [1.82, 2.24) is 19.6 Å². The topological polar surface area (TPSA) is 61.6 Å². The molecule has 1 fully saturated rings. The Balaban J connectivity index is 1.50. The van der Waals surface area contributed by atoms with Gasteiger partial charge in [-0.05, 0) is 12.5 Å². The van der Waals surface area contributed by atoms with E-state index in [1.165, 1.54) is 18.1 Å². The largest absolute Gasteiger partial charge is 0.384 e. The predicted molar refractivity (Wildman–Crippen MR) is 91.3 cm³/mol. The third-order valence-electron chi connectivity index (χ3n) is 4.32. The summed E-state index contributed by atoms with van der Waals surface area (Å²) in [7, 11) is 0. The van der Waals surface area contributed by atoms with Gasteiger partial charge in [0.2, 0.25) is 0 Å². The number of rotatable bonds is 5. The summed E-state index contributed by atoms with van der Waals surface area (Å²) in [5.41, 5.74) is 2.42. The van der Waals surface area contributed by atoms with E-state index in [4.69, 9.17) is 0 Å². The fraction of sp³-hybridized carbons (Fsp3) is 0.444. The zero-order valence-corrected chi connectivity index (χ0v) is 14.0. The standard InChI is InChI=1S/C18H24N4O2/c1-15(23)18(24)21-9-7-20(8-10-21)12-17-11-19-22(14-17)13-16-5-3-2-4-6-16/h2-6,11,14-15,23H,7-10,12-13H2,1H3. The molecular formula is C18H24N4O2. The molecule has 1 unspecified atom stereocenters. The maximum absolute atomic E-state index is 11.8. The maximum atomic E-state index is 11.8. The van der Waals surface area contributed by atoms with Crippen molar-refractivity contribution in [2.45, 2.75) is 26.1 Å². The van der Waals surface area contributed by atoms with Crippen molar-refractivity contribution in [3.63, 3.8) is 0 Å². The average Bonchev–Trinajstić information content (AvgIpc) is 3.02. The lowest BCUT2D eigenvalue weighted by molar-refractivity contribution is -0.141. The highest BCUT2D eigenvalue weighted by atomic mass is 16.3. The summed E-state index contributed by atoms with van der Waals surface area (Å²) < 4.78 is 1.96. The molecule has 1 aliphatic rings. The van der Waals surface area contributed by atoms with Gasteiger partial charge in [0.05, 0.1) is 12.7 Å². The highest BCUT2D eigenvalue weighted by Gasteiger charge is 2.23. The molecule has 6 heteroatoms. The van der Waals surface area contributed by atoms with Gasteiger partial charge < -0.3 is 10.0 Å². The summed E-state index contributed by atoms with van der Waals surface area (Å²) in [5.74, 6) is -0.176. The van der Waals surface area contributed by atoms with Gasteiger partial charge in [0.15, 0.2) is 0 Å². The van der Waals surface area contributed by atoms with E-state index in [0.29, 0.717) is 13.1 Å². The van der Waals surface area contributed by atoms with Crippen molar-refractivity contribution >= 4 is 5.91 Å². The number of benzene rings is 1. The smallest absolute Gasteiger partial charge is 0.251 e. The number of nitrogens with zero attached hydrogens (tertiary/aromatic N) is 4. The van der Waals surface area contributed by atoms with Crippen LogP contribution in [-0.2, 0) is 17.9 Å². The van der Waals surface area contributed by atoms with Crippen LogP contribution in [0.25, 0.3) is 0 Å². The number of amides is 1. The molecule has 3 rings (SSSR count). The molecular weight excluding hydrogens is 304 g/mol. The van der Waals surface area contributed by atoms with Gasteiger partial charge in [-0.25, -0.2) is 0 Å². The highest BCUT2D eigenvalue weighted by Crippen LogP contribution is 2.10. The second-order valence-corrected chi connectivity index (χ2v) is 6.31. The van der Waals surface area contributed by atoms with Crippen LogP contribution in [-0.4, -0.2) is 62.9 Å². The van der Waals surface area contributed by atoms with Crippen molar-refractivity contribution in [3.8, 4) is 0 Å². The van der Waals surface area contributed by atoms with Gasteiger partial charge >= 0.3 is 0 Å². The number of carbonyl (C=O) groups excluding carboxylic acids is 1. The minimum absolute atomic E-state index is 0.176. The Morgan fingerprint density at radius 1 is 1.12 bits per heavy atom. The number of carbonyl (C=O) groups is 1. The second kappa shape index (κ2) is 7.59. The number of hydrogen-bond acceptors (Lipinski definition) is 4. The van der Waals surface area contributed by atoms with E-state index in [2.05, 4.69) is 28.3 Å². The SMILES string of the molecule is CC(O)C(=O)N1CCN(Cc2cnn(Cc3ccccc3)c2)CC1. The molecule has 1 atom stereocenters. The Labute approximate surface area is 142 Å². The van der Waals surface area contributed by atoms with Gasteiger partial charge in [0.25, 0.3) is 5.91 Å². The molecule has 6 nitrogen and oxygen atoms in total. The van der Waals surface area contributed by atoms with Gasteiger partial charge in [0.1, 0.15) is 6.10 Å². The Bertz CT molecular complexity index is 661. The molecule has 1 aromatic carbocycles. The molecule has 1 aliphatic heterocycles. The third-order valence-corrected chi connectivity index (χ3v) is 4.32. The summed E-state index contributed by atoms with van der Waals surface area (Å²) in [6, 6.07) is 10.3. The number of aliphatic hydroxyl groups excluding tert-OH is 1. The molecule has 2 aromatic rings. The first-order chi connectivity index (χ1) is 11.6. The normalized spacial score (nSPS) is 17.0. The molecule has 0 saturated carbocycles. The van der Waals surface area contributed by atoms with E-state index in [1.54, 1.807) is 4.90 Å². The minimum atomic E-state index is -0.909. The van der Waals surface area contributed by atoms with Crippen molar-refractivity contribution < 1.29 is 9.90 Å². The molecule has 128 valence electrons. The summed E-state index contributed by atoms with van der Waals surface area (Å²) in [5, 5.41) is 13.8. The van der Waals surface area contributed by atoms with Crippen molar-refractivity contribution in [1.29, 1.82) is 0 Å². The lowest BCUT2D eigenvalue weighted by Crippen LogP contribution is -2.50. The van der Waals surface area contributed by atoms with Gasteiger partial charge in [-0.3, -0.25) is 14.4 Å². The molecule has 0 radical (unpaired) electrons. The van der Waals surface area contributed by atoms with Crippen LogP contribution < -0.4 is 0 Å². The summed E-state index contributed by atoms with van der Waals surface area (Å²) in [6.07, 6.45) is 3.09. The maximum Gasteiger partial charge on any atom is 0.251 e. The number of hydrogen-bond donors (Lipinski definition) is 1. The van der Waals surface area contributed by atoms with Gasteiger partial charge in [0, 0.05) is 44.5 Å². The lowest BCUT2D eigenvalue weighted by Gasteiger charge is -2.35. The molecule has 1 saturated heterocycles. The molecule has 0 aliphatic carbocycles. The monoisotopic (exact) mass is 328 g/mol. The van der Waals surface area contributed by atoms with Crippen LogP contribution in [0.1, 0.15) is 18.1 Å². The van der Waals surface area contributed by atoms with E-state index in [0.717, 1.165) is 26.2 Å². The zero-order chi connectivity index (χ0) is 16.9. The average molecular weight is 328 g/mol. The molecule has 0 bridgehead atoms. The van der Waals surface area contributed by atoms with Crippen LogP contribution in [0.4, 0.5) is 0 Å². The second-order valence-electron chi connectivity index (χ2n) is 6.31. The number of piperazine rings is 1. The number of aliphatic hydroxyl groups is 1. The zero-order valence-electron chi connectivity index (χ0n) is 14.0. The molecule has 1 amide bonds. The van der Waals surface area contributed by atoms with Crippen LogP contribution in [0, 0.1) is 0 Å². The molecule has 1 aromatic heterocycles. The highest BCUT2D eigenvalue weighted by molar-refractivity contribution is 5.80.